The van der Waals surface area contributed by atoms with Gasteiger partial charge in [0.25, 0.3) is 0 Å². The Hall–Kier alpha value is -2.07. The van der Waals surface area contributed by atoms with Crippen molar-refractivity contribution in [2.75, 3.05) is 6.61 Å². The molecule has 0 radical (unpaired) electrons. The lowest BCUT2D eigenvalue weighted by atomic mass is 10.1. The highest BCUT2D eigenvalue weighted by Gasteiger charge is 2.14. The van der Waals surface area contributed by atoms with Crippen LogP contribution >= 0.6 is 0 Å². The molecule has 20 heavy (non-hydrogen) atoms. The van der Waals surface area contributed by atoms with Crippen LogP contribution in [0.15, 0.2) is 42.5 Å². The predicted octanol–water partition coefficient (Wildman–Crippen LogP) is 4.07. The predicted molar refractivity (Wildman–Crippen MR) is 74.7 cm³/mol. The second kappa shape index (κ2) is 6.39. The average Bonchev–Trinajstić information content (AvgIpc) is 2.41. The van der Waals surface area contributed by atoms with Gasteiger partial charge in [-0.1, -0.05) is 18.2 Å². The Bertz CT molecular complexity index is 582. The van der Waals surface area contributed by atoms with Gasteiger partial charge in [-0.15, -0.1) is 0 Å². The van der Waals surface area contributed by atoms with Gasteiger partial charge in [0.1, 0.15) is 11.5 Å². The highest BCUT2D eigenvalue weighted by atomic mass is 19.1. The Morgan fingerprint density at radius 1 is 1.15 bits per heavy atom. The van der Waals surface area contributed by atoms with Crippen molar-refractivity contribution in [1.29, 1.82) is 0 Å². The molecule has 106 valence electrons. The minimum Gasteiger partial charge on any atom is -0.494 e. The minimum absolute atomic E-state index is 0.0381. The third kappa shape index (κ3) is 3.27. The summed E-state index contributed by atoms with van der Waals surface area (Å²) in [4.78, 5) is 0. The van der Waals surface area contributed by atoms with Gasteiger partial charge >= 0.3 is 0 Å². The zero-order chi connectivity index (χ0) is 14.5. The molecule has 0 aromatic heterocycles. The highest BCUT2D eigenvalue weighted by molar-refractivity contribution is 5.42. The van der Waals surface area contributed by atoms with Crippen LogP contribution in [0.3, 0.4) is 0 Å². The SMILES string of the molecule is CCOc1cccc(Oc2c(F)cccc2C(C)O)c1. The van der Waals surface area contributed by atoms with E-state index in [1.807, 2.05) is 6.92 Å². The fourth-order valence-corrected chi connectivity index (χ4v) is 1.87. The number of aliphatic hydroxyl groups excluding tert-OH is 1. The van der Waals surface area contributed by atoms with E-state index in [0.717, 1.165) is 0 Å². The Balaban J connectivity index is 2.32. The standard InChI is InChI=1S/C16H17FO3/c1-3-19-12-6-4-7-13(10-12)20-16-14(11(2)18)8-5-9-15(16)17/h4-11,18H,3H2,1-2H3. The third-order valence-electron chi connectivity index (χ3n) is 2.78. The summed E-state index contributed by atoms with van der Waals surface area (Å²) in [5.41, 5.74) is 0.409. The molecule has 1 N–H and O–H groups in total. The molecule has 4 heteroatoms. The van der Waals surface area contributed by atoms with Crippen LogP contribution in [-0.2, 0) is 0 Å². The molecule has 0 aliphatic heterocycles. The summed E-state index contributed by atoms with van der Waals surface area (Å²) in [5.74, 6) is 0.643. The van der Waals surface area contributed by atoms with Crippen LogP contribution in [0.2, 0.25) is 0 Å². The molecule has 0 bridgehead atoms. The largest absolute Gasteiger partial charge is 0.494 e. The number of rotatable bonds is 5. The number of hydrogen-bond acceptors (Lipinski definition) is 3. The molecule has 0 amide bonds. The first-order valence-corrected chi connectivity index (χ1v) is 6.49. The Morgan fingerprint density at radius 2 is 1.85 bits per heavy atom. The first kappa shape index (κ1) is 14.3. The molecule has 0 heterocycles. The summed E-state index contributed by atoms with van der Waals surface area (Å²) in [5, 5.41) is 9.67. The van der Waals surface area contributed by atoms with Crippen molar-refractivity contribution < 1.29 is 19.0 Å². The van der Waals surface area contributed by atoms with Gasteiger partial charge in [0.05, 0.1) is 12.7 Å². The Labute approximate surface area is 117 Å². The van der Waals surface area contributed by atoms with E-state index < -0.39 is 11.9 Å². The summed E-state index contributed by atoms with van der Waals surface area (Å²) in [6.45, 7) is 4.00. The first-order chi connectivity index (χ1) is 9.61. The zero-order valence-electron chi connectivity index (χ0n) is 11.5. The van der Waals surface area contributed by atoms with E-state index in [9.17, 15) is 9.50 Å². The minimum atomic E-state index is -0.809. The van der Waals surface area contributed by atoms with Crippen LogP contribution in [0, 0.1) is 5.82 Å². The van der Waals surface area contributed by atoms with Crippen molar-refractivity contribution in [2.45, 2.75) is 20.0 Å². The van der Waals surface area contributed by atoms with Crippen molar-refractivity contribution in [2.24, 2.45) is 0 Å². The van der Waals surface area contributed by atoms with E-state index in [-0.39, 0.29) is 5.75 Å². The van der Waals surface area contributed by atoms with Gasteiger partial charge in [-0.3, -0.25) is 0 Å². The molecule has 0 saturated heterocycles. The monoisotopic (exact) mass is 276 g/mol. The molecule has 0 aliphatic rings. The highest BCUT2D eigenvalue weighted by Crippen LogP contribution is 2.33. The fraction of sp³-hybridized carbons (Fsp3) is 0.250. The van der Waals surface area contributed by atoms with Gasteiger partial charge in [0.2, 0.25) is 0 Å². The van der Waals surface area contributed by atoms with Crippen molar-refractivity contribution in [1.82, 2.24) is 0 Å². The molecule has 2 rings (SSSR count). The molecule has 1 unspecified atom stereocenters. The van der Waals surface area contributed by atoms with E-state index in [0.29, 0.717) is 23.7 Å². The van der Waals surface area contributed by atoms with E-state index in [2.05, 4.69) is 0 Å². The number of benzene rings is 2. The third-order valence-corrected chi connectivity index (χ3v) is 2.78. The van der Waals surface area contributed by atoms with Crippen molar-refractivity contribution in [3.8, 4) is 17.2 Å². The van der Waals surface area contributed by atoms with E-state index in [4.69, 9.17) is 9.47 Å². The van der Waals surface area contributed by atoms with E-state index in [1.165, 1.54) is 6.07 Å². The fourth-order valence-electron chi connectivity index (χ4n) is 1.87. The maximum atomic E-state index is 13.9. The van der Waals surface area contributed by atoms with E-state index in [1.54, 1.807) is 43.3 Å². The molecule has 2 aromatic rings. The lowest BCUT2D eigenvalue weighted by Crippen LogP contribution is -1.99. The summed E-state index contributed by atoms with van der Waals surface area (Å²) in [6, 6.07) is 11.4. The maximum absolute atomic E-state index is 13.9. The molecule has 0 spiro atoms. The summed E-state index contributed by atoms with van der Waals surface area (Å²) in [6.07, 6.45) is -0.809. The van der Waals surface area contributed by atoms with Crippen molar-refractivity contribution in [3.05, 3.63) is 53.8 Å². The maximum Gasteiger partial charge on any atom is 0.168 e. The zero-order valence-corrected chi connectivity index (χ0v) is 11.5. The smallest absolute Gasteiger partial charge is 0.168 e. The lowest BCUT2D eigenvalue weighted by molar-refractivity contribution is 0.194. The lowest BCUT2D eigenvalue weighted by Gasteiger charge is -2.14. The Morgan fingerprint density at radius 3 is 2.55 bits per heavy atom. The molecule has 0 aliphatic carbocycles. The topological polar surface area (TPSA) is 38.7 Å². The van der Waals surface area contributed by atoms with Crippen LogP contribution in [-0.4, -0.2) is 11.7 Å². The van der Waals surface area contributed by atoms with Gasteiger partial charge in [-0.25, -0.2) is 4.39 Å². The summed E-state index contributed by atoms with van der Waals surface area (Å²) < 4.78 is 24.8. The van der Waals surface area contributed by atoms with Gasteiger partial charge in [-0.05, 0) is 32.0 Å². The van der Waals surface area contributed by atoms with Gasteiger partial charge in [0, 0.05) is 11.6 Å². The molecule has 3 nitrogen and oxygen atoms in total. The second-order valence-corrected chi connectivity index (χ2v) is 4.34. The second-order valence-electron chi connectivity index (χ2n) is 4.34. The molecular weight excluding hydrogens is 259 g/mol. The van der Waals surface area contributed by atoms with Crippen LogP contribution < -0.4 is 9.47 Å². The number of aliphatic hydroxyl groups is 1. The van der Waals surface area contributed by atoms with Crippen LogP contribution in [0.4, 0.5) is 4.39 Å². The van der Waals surface area contributed by atoms with Crippen LogP contribution in [0.5, 0.6) is 17.2 Å². The normalized spacial score (nSPS) is 12.0. The molecule has 0 saturated carbocycles. The number of ether oxygens (including phenoxy) is 2. The van der Waals surface area contributed by atoms with Crippen molar-refractivity contribution >= 4 is 0 Å². The molecular formula is C16H17FO3. The van der Waals surface area contributed by atoms with E-state index >= 15 is 0 Å². The van der Waals surface area contributed by atoms with Gasteiger partial charge in [-0.2, -0.15) is 0 Å². The first-order valence-electron chi connectivity index (χ1n) is 6.49. The molecule has 1 atom stereocenters. The number of halogens is 1. The molecule has 0 fully saturated rings. The average molecular weight is 276 g/mol. The van der Waals surface area contributed by atoms with Crippen LogP contribution in [0.25, 0.3) is 0 Å². The molecule has 2 aromatic carbocycles. The number of para-hydroxylation sites is 1. The number of hydrogen-bond donors (Lipinski definition) is 1. The van der Waals surface area contributed by atoms with Gasteiger partial charge in [0.15, 0.2) is 11.6 Å². The summed E-state index contributed by atoms with van der Waals surface area (Å²) in [7, 11) is 0. The summed E-state index contributed by atoms with van der Waals surface area (Å²) >= 11 is 0. The quantitative estimate of drug-likeness (QED) is 0.894. The Kier molecular flexibility index (Phi) is 4.58. The van der Waals surface area contributed by atoms with Crippen LogP contribution in [0.1, 0.15) is 25.5 Å². The van der Waals surface area contributed by atoms with Gasteiger partial charge < -0.3 is 14.6 Å². The van der Waals surface area contributed by atoms with Crippen molar-refractivity contribution in [3.63, 3.8) is 0 Å².